The summed E-state index contributed by atoms with van der Waals surface area (Å²) >= 11 is 0. The van der Waals surface area contributed by atoms with E-state index in [2.05, 4.69) is 5.32 Å². The quantitative estimate of drug-likeness (QED) is 0.747. The van der Waals surface area contributed by atoms with Crippen LogP contribution in [0.4, 0.5) is 10.1 Å². The molecule has 2 aromatic carbocycles. The molecule has 2 rings (SSSR count). The smallest absolute Gasteiger partial charge is 0.423 e. The maximum Gasteiger partial charge on any atom is 0.491 e. The number of hydrogen-bond donors (Lipinski definition) is 3. The summed E-state index contributed by atoms with van der Waals surface area (Å²) in [7, 11) is -1.90. The summed E-state index contributed by atoms with van der Waals surface area (Å²) in [6.07, 6.45) is 0. The maximum absolute atomic E-state index is 13.6. The molecule has 0 saturated heterocycles. The lowest BCUT2D eigenvalue weighted by Gasteiger charge is -2.11. The third kappa shape index (κ3) is 3.29. The van der Waals surface area contributed by atoms with Crippen molar-refractivity contribution in [2.45, 2.75) is 13.8 Å². The monoisotopic (exact) mass is 287 g/mol. The molecule has 0 fully saturated rings. The number of carbonyl (C=O) groups excluding carboxylic acids is 1. The second kappa shape index (κ2) is 6.07. The molecule has 0 aliphatic heterocycles. The van der Waals surface area contributed by atoms with E-state index in [0.717, 1.165) is 17.2 Å². The number of rotatable bonds is 3. The first-order valence-electron chi connectivity index (χ1n) is 6.43. The van der Waals surface area contributed by atoms with E-state index in [1.807, 2.05) is 26.0 Å². The average molecular weight is 287 g/mol. The van der Waals surface area contributed by atoms with Crippen molar-refractivity contribution in [3.05, 3.63) is 58.9 Å². The van der Waals surface area contributed by atoms with Crippen molar-refractivity contribution in [1.29, 1.82) is 0 Å². The van der Waals surface area contributed by atoms with Gasteiger partial charge in [0.05, 0.1) is 0 Å². The lowest BCUT2D eigenvalue weighted by molar-refractivity contribution is 0.102. The lowest BCUT2D eigenvalue weighted by atomic mass is 9.79. The Labute approximate surface area is 122 Å². The topological polar surface area (TPSA) is 69.6 Å². The number of hydrogen-bond acceptors (Lipinski definition) is 3. The van der Waals surface area contributed by atoms with E-state index in [0.29, 0.717) is 5.69 Å². The summed E-state index contributed by atoms with van der Waals surface area (Å²) < 4.78 is 13.6. The van der Waals surface area contributed by atoms with Crippen molar-refractivity contribution in [2.24, 2.45) is 0 Å². The summed E-state index contributed by atoms with van der Waals surface area (Å²) in [4.78, 5) is 12.1. The first-order chi connectivity index (χ1) is 9.90. The maximum atomic E-state index is 13.6. The Hall–Kier alpha value is -2.18. The van der Waals surface area contributed by atoms with Crippen molar-refractivity contribution >= 4 is 24.2 Å². The van der Waals surface area contributed by atoms with Crippen LogP contribution in [0.3, 0.4) is 0 Å². The summed E-state index contributed by atoms with van der Waals surface area (Å²) in [6, 6.07) is 9.03. The number of carbonyl (C=O) groups is 1. The predicted octanol–water partition coefficient (Wildman–Crippen LogP) is 1.37. The van der Waals surface area contributed by atoms with Gasteiger partial charge in [-0.1, -0.05) is 18.2 Å². The van der Waals surface area contributed by atoms with E-state index in [4.69, 9.17) is 10.0 Å². The summed E-state index contributed by atoms with van der Waals surface area (Å²) in [6.45, 7) is 3.82. The minimum atomic E-state index is -1.90. The second-order valence-electron chi connectivity index (χ2n) is 4.81. The molecule has 0 atom stereocenters. The molecule has 108 valence electrons. The molecule has 4 nitrogen and oxygen atoms in total. The van der Waals surface area contributed by atoms with Crippen molar-refractivity contribution in [1.82, 2.24) is 0 Å². The number of aryl methyl sites for hydroxylation is 1. The molecule has 0 radical (unpaired) electrons. The predicted molar refractivity (Wildman–Crippen MR) is 80.1 cm³/mol. The largest absolute Gasteiger partial charge is 0.491 e. The van der Waals surface area contributed by atoms with Gasteiger partial charge in [0.2, 0.25) is 0 Å². The molecule has 0 bridgehead atoms. The molecule has 0 saturated carbocycles. The molecule has 21 heavy (non-hydrogen) atoms. The van der Waals surface area contributed by atoms with Gasteiger partial charge in [-0.3, -0.25) is 4.79 Å². The molecule has 0 aromatic heterocycles. The van der Waals surface area contributed by atoms with Gasteiger partial charge < -0.3 is 15.4 Å². The van der Waals surface area contributed by atoms with Crippen LogP contribution >= 0.6 is 0 Å². The van der Waals surface area contributed by atoms with E-state index in [9.17, 15) is 9.18 Å². The fraction of sp³-hybridized carbons (Fsp3) is 0.133. The summed E-state index contributed by atoms with van der Waals surface area (Å²) in [5.41, 5.74) is 2.48. The van der Waals surface area contributed by atoms with Crippen molar-refractivity contribution in [2.75, 3.05) is 5.32 Å². The standard InChI is InChI=1S/C15H15BFNO3/c1-9-4-3-5-14(10(9)2)18-15(19)11-6-7-12(16(20)21)13(17)8-11/h3-8,20-21H,1-2H3,(H,18,19). The Bertz CT molecular complexity index is 689. The van der Waals surface area contributed by atoms with Gasteiger partial charge in [-0.15, -0.1) is 0 Å². The Balaban J connectivity index is 2.25. The molecular formula is C15H15BFNO3. The first kappa shape index (κ1) is 15.2. The van der Waals surface area contributed by atoms with E-state index >= 15 is 0 Å². The Morgan fingerprint density at radius 3 is 2.52 bits per heavy atom. The van der Waals surface area contributed by atoms with Crippen LogP contribution in [0, 0.1) is 19.7 Å². The van der Waals surface area contributed by atoms with Crippen LogP contribution in [-0.4, -0.2) is 23.1 Å². The van der Waals surface area contributed by atoms with Crippen molar-refractivity contribution in [3.63, 3.8) is 0 Å². The van der Waals surface area contributed by atoms with Gasteiger partial charge in [0.1, 0.15) is 5.82 Å². The molecule has 0 heterocycles. The number of anilines is 1. The summed E-state index contributed by atoms with van der Waals surface area (Å²) in [5.74, 6) is -1.29. The highest BCUT2D eigenvalue weighted by molar-refractivity contribution is 6.58. The molecule has 3 N–H and O–H groups in total. The van der Waals surface area contributed by atoms with Gasteiger partial charge in [-0.25, -0.2) is 4.39 Å². The van der Waals surface area contributed by atoms with Crippen LogP contribution in [0.2, 0.25) is 0 Å². The highest BCUT2D eigenvalue weighted by Crippen LogP contribution is 2.18. The minimum Gasteiger partial charge on any atom is -0.423 e. The van der Waals surface area contributed by atoms with E-state index in [1.165, 1.54) is 12.1 Å². The Kier molecular flexibility index (Phi) is 4.40. The van der Waals surface area contributed by atoms with Crippen molar-refractivity contribution in [3.8, 4) is 0 Å². The third-order valence-electron chi connectivity index (χ3n) is 3.39. The minimum absolute atomic E-state index is 0.109. The zero-order chi connectivity index (χ0) is 15.6. The molecule has 0 aliphatic carbocycles. The molecule has 0 aliphatic rings. The molecule has 2 aromatic rings. The number of nitrogens with one attached hydrogen (secondary N) is 1. The first-order valence-corrected chi connectivity index (χ1v) is 6.43. The zero-order valence-corrected chi connectivity index (χ0v) is 11.7. The van der Waals surface area contributed by atoms with Crippen molar-refractivity contribution < 1.29 is 19.2 Å². The van der Waals surface area contributed by atoms with E-state index in [-0.39, 0.29) is 11.0 Å². The van der Waals surface area contributed by atoms with Gasteiger partial charge in [-0.05, 0) is 43.2 Å². The average Bonchev–Trinajstić information content (AvgIpc) is 2.43. The van der Waals surface area contributed by atoms with Crippen LogP contribution in [-0.2, 0) is 0 Å². The fourth-order valence-corrected chi connectivity index (χ4v) is 1.96. The molecule has 1 amide bonds. The Morgan fingerprint density at radius 2 is 1.90 bits per heavy atom. The molecule has 6 heteroatoms. The van der Waals surface area contributed by atoms with Gasteiger partial charge >= 0.3 is 7.12 Å². The van der Waals surface area contributed by atoms with Crippen LogP contribution in [0.5, 0.6) is 0 Å². The molecular weight excluding hydrogens is 272 g/mol. The van der Waals surface area contributed by atoms with Gasteiger partial charge in [0.25, 0.3) is 5.91 Å². The number of halogens is 1. The van der Waals surface area contributed by atoms with Crippen LogP contribution in [0.1, 0.15) is 21.5 Å². The second-order valence-corrected chi connectivity index (χ2v) is 4.81. The van der Waals surface area contributed by atoms with Gasteiger partial charge in [0.15, 0.2) is 0 Å². The third-order valence-corrected chi connectivity index (χ3v) is 3.39. The van der Waals surface area contributed by atoms with Gasteiger partial charge in [0, 0.05) is 16.7 Å². The van der Waals surface area contributed by atoms with Crippen LogP contribution < -0.4 is 10.8 Å². The highest BCUT2D eigenvalue weighted by atomic mass is 19.1. The zero-order valence-electron chi connectivity index (χ0n) is 11.7. The van der Waals surface area contributed by atoms with E-state index in [1.54, 1.807) is 6.07 Å². The lowest BCUT2D eigenvalue weighted by Crippen LogP contribution is -2.33. The highest BCUT2D eigenvalue weighted by Gasteiger charge is 2.18. The molecule has 0 spiro atoms. The van der Waals surface area contributed by atoms with E-state index < -0.39 is 18.8 Å². The normalized spacial score (nSPS) is 10.3. The van der Waals surface area contributed by atoms with Crippen LogP contribution in [0.25, 0.3) is 0 Å². The fourth-order valence-electron chi connectivity index (χ4n) is 1.96. The molecule has 0 unspecified atom stereocenters. The number of amides is 1. The number of benzene rings is 2. The SMILES string of the molecule is Cc1cccc(NC(=O)c2ccc(B(O)O)c(F)c2)c1C. The van der Waals surface area contributed by atoms with Crippen LogP contribution in [0.15, 0.2) is 36.4 Å². The Morgan fingerprint density at radius 1 is 1.19 bits per heavy atom. The summed E-state index contributed by atoms with van der Waals surface area (Å²) in [5, 5.41) is 20.6. The van der Waals surface area contributed by atoms with Gasteiger partial charge in [-0.2, -0.15) is 0 Å².